The van der Waals surface area contributed by atoms with Crippen LogP contribution in [0.1, 0.15) is 0 Å². The molecule has 0 unspecified atom stereocenters. The number of anilines is 1. The lowest BCUT2D eigenvalue weighted by molar-refractivity contribution is 0.0398. The first-order valence-electron chi connectivity index (χ1n) is 7.07. The Morgan fingerprint density at radius 2 is 2.10 bits per heavy atom. The maximum atomic E-state index is 5.32. The van der Waals surface area contributed by atoms with Gasteiger partial charge in [0, 0.05) is 32.2 Å². The number of aromatic nitrogens is 3. The Bertz CT molecular complexity index is 601. The average Bonchev–Trinajstić information content (AvgIpc) is 2.55. The first-order chi connectivity index (χ1) is 10.3. The third-order valence-corrected chi connectivity index (χ3v) is 3.48. The number of morpholine rings is 1. The third kappa shape index (κ3) is 3.56. The molecule has 21 heavy (non-hydrogen) atoms. The van der Waals surface area contributed by atoms with Crippen molar-refractivity contribution in [3.8, 4) is 5.75 Å². The zero-order chi connectivity index (χ0) is 14.5. The summed E-state index contributed by atoms with van der Waals surface area (Å²) in [5.74, 6) is 1.31. The molecule has 0 spiro atoms. The van der Waals surface area contributed by atoms with Gasteiger partial charge in [-0.3, -0.25) is 4.90 Å². The van der Waals surface area contributed by atoms with Gasteiger partial charge < -0.3 is 14.8 Å². The molecule has 0 atom stereocenters. The molecule has 1 aliphatic heterocycles. The molecule has 1 saturated heterocycles. The molecular weight excluding hydrogens is 270 g/mol. The molecule has 0 radical (unpaired) electrons. The van der Waals surface area contributed by atoms with E-state index in [1.54, 1.807) is 7.11 Å². The Labute approximate surface area is 123 Å². The van der Waals surface area contributed by atoms with Gasteiger partial charge in [0.05, 0.1) is 25.8 Å². The van der Waals surface area contributed by atoms with Crippen molar-refractivity contribution in [3.63, 3.8) is 0 Å². The van der Waals surface area contributed by atoms with Crippen LogP contribution in [0.3, 0.4) is 0 Å². The third-order valence-electron chi connectivity index (χ3n) is 3.48. The quantitative estimate of drug-likeness (QED) is 0.872. The second-order valence-electron chi connectivity index (χ2n) is 4.87. The van der Waals surface area contributed by atoms with Gasteiger partial charge >= 0.3 is 0 Å². The van der Waals surface area contributed by atoms with Gasteiger partial charge in [0.15, 0.2) is 0 Å². The van der Waals surface area contributed by atoms with Crippen LogP contribution in [0, 0.1) is 0 Å². The number of methoxy groups -OCH3 is 1. The van der Waals surface area contributed by atoms with Crippen LogP contribution in [0.15, 0.2) is 18.2 Å². The number of fused-ring (bicyclic) bond motifs is 1. The Morgan fingerprint density at radius 3 is 2.90 bits per heavy atom. The predicted molar refractivity (Wildman–Crippen MR) is 79.6 cm³/mol. The molecule has 1 aromatic carbocycles. The van der Waals surface area contributed by atoms with Gasteiger partial charge in [0.2, 0.25) is 5.95 Å². The highest BCUT2D eigenvalue weighted by molar-refractivity contribution is 5.76. The molecule has 3 rings (SSSR count). The first-order valence-corrected chi connectivity index (χ1v) is 7.07. The Kier molecular flexibility index (Phi) is 4.42. The van der Waals surface area contributed by atoms with Crippen LogP contribution in [0.4, 0.5) is 5.95 Å². The van der Waals surface area contributed by atoms with E-state index in [1.165, 1.54) is 0 Å². The summed E-state index contributed by atoms with van der Waals surface area (Å²) in [4.78, 5) is 6.81. The lowest BCUT2D eigenvalue weighted by Gasteiger charge is -2.26. The van der Waals surface area contributed by atoms with Gasteiger partial charge in [-0.15, -0.1) is 10.2 Å². The zero-order valence-electron chi connectivity index (χ0n) is 12.1. The molecule has 0 aliphatic carbocycles. The molecule has 2 heterocycles. The molecule has 1 aliphatic rings. The van der Waals surface area contributed by atoms with Crippen LogP contribution < -0.4 is 10.1 Å². The number of hydrogen-bond acceptors (Lipinski definition) is 7. The fraction of sp³-hybridized carbons (Fsp3) is 0.500. The van der Waals surface area contributed by atoms with Crippen LogP contribution in [0.5, 0.6) is 5.75 Å². The second-order valence-corrected chi connectivity index (χ2v) is 4.87. The van der Waals surface area contributed by atoms with Crippen LogP contribution in [-0.2, 0) is 4.74 Å². The van der Waals surface area contributed by atoms with E-state index in [1.807, 2.05) is 18.2 Å². The fourth-order valence-corrected chi connectivity index (χ4v) is 2.27. The summed E-state index contributed by atoms with van der Waals surface area (Å²) in [7, 11) is 1.63. The van der Waals surface area contributed by atoms with E-state index < -0.39 is 0 Å². The molecule has 112 valence electrons. The van der Waals surface area contributed by atoms with Crippen molar-refractivity contribution >= 4 is 17.0 Å². The molecular formula is C14H19N5O2. The van der Waals surface area contributed by atoms with Crippen molar-refractivity contribution in [1.82, 2.24) is 20.1 Å². The minimum absolute atomic E-state index is 0.556. The van der Waals surface area contributed by atoms with Crippen LogP contribution in [0.2, 0.25) is 0 Å². The molecule has 7 nitrogen and oxygen atoms in total. The Morgan fingerprint density at radius 1 is 1.24 bits per heavy atom. The van der Waals surface area contributed by atoms with Crippen molar-refractivity contribution in [2.24, 2.45) is 0 Å². The highest BCUT2D eigenvalue weighted by atomic mass is 16.5. The largest absolute Gasteiger partial charge is 0.497 e. The second kappa shape index (κ2) is 6.64. The SMILES string of the molecule is COc1ccc2nc(NCCN3CCOCC3)nnc2c1. The van der Waals surface area contributed by atoms with Crippen LogP contribution in [-0.4, -0.2) is 66.6 Å². The number of rotatable bonds is 5. The molecule has 1 N–H and O–H groups in total. The molecule has 7 heteroatoms. The number of nitrogens with one attached hydrogen (secondary N) is 1. The summed E-state index contributed by atoms with van der Waals surface area (Å²) in [6.07, 6.45) is 0. The number of ether oxygens (including phenoxy) is 2. The average molecular weight is 289 g/mol. The Balaban J connectivity index is 1.59. The number of benzene rings is 1. The Hall–Kier alpha value is -1.99. The van der Waals surface area contributed by atoms with Crippen molar-refractivity contribution in [2.75, 3.05) is 51.8 Å². The summed E-state index contributed by atoms with van der Waals surface area (Å²) >= 11 is 0. The van der Waals surface area contributed by atoms with Crippen LogP contribution in [0.25, 0.3) is 11.0 Å². The van der Waals surface area contributed by atoms with E-state index in [2.05, 4.69) is 25.4 Å². The van der Waals surface area contributed by atoms with Crippen molar-refractivity contribution in [1.29, 1.82) is 0 Å². The standard InChI is InChI=1S/C14H19N5O2/c1-20-11-2-3-12-13(10-11)17-18-14(16-12)15-4-5-19-6-8-21-9-7-19/h2-3,10H,4-9H2,1H3,(H,15,16,18). The van der Waals surface area contributed by atoms with E-state index in [4.69, 9.17) is 9.47 Å². The first kappa shape index (κ1) is 14.0. The summed E-state index contributed by atoms with van der Waals surface area (Å²) in [6.45, 7) is 5.35. The maximum absolute atomic E-state index is 5.32. The van der Waals surface area contributed by atoms with Gasteiger partial charge in [-0.2, -0.15) is 0 Å². The highest BCUT2D eigenvalue weighted by Crippen LogP contribution is 2.17. The van der Waals surface area contributed by atoms with Gasteiger partial charge in [-0.05, 0) is 12.1 Å². The summed E-state index contributed by atoms with van der Waals surface area (Å²) in [5, 5.41) is 11.5. The monoisotopic (exact) mass is 289 g/mol. The molecule has 1 aromatic heterocycles. The predicted octanol–water partition coefficient (Wildman–Crippen LogP) is 0.777. The molecule has 0 saturated carbocycles. The number of nitrogens with zero attached hydrogens (tertiary/aromatic N) is 4. The topological polar surface area (TPSA) is 72.4 Å². The van der Waals surface area contributed by atoms with E-state index >= 15 is 0 Å². The number of hydrogen-bond donors (Lipinski definition) is 1. The lowest BCUT2D eigenvalue weighted by atomic mass is 10.3. The zero-order valence-corrected chi connectivity index (χ0v) is 12.1. The van der Waals surface area contributed by atoms with Crippen molar-refractivity contribution in [2.45, 2.75) is 0 Å². The maximum Gasteiger partial charge on any atom is 0.243 e. The van der Waals surface area contributed by atoms with E-state index in [0.29, 0.717) is 5.95 Å². The summed E-state index contributed by atoms with van der Waals surface area (Å²) in [5.41, 5.74) is 1.53. The lowest BCUT2D eigenvalue weighted by Crippen LogP contribution is -2.39. The van der Waals surface area contributed by atoms with Crippen molar-refractivity contribution in [3.05, 3.63) is 18.2 Å². The van der Waals surface area contributed by atoms with E-state index in [-0.39, 0.29) is 0 Å². The molecule has 2 aromatic rings. The van der Waals surface area contributed by atoms with Crippen LogP contribution >= 0.6 is 0 Å². The molecule has 0 bridgehead atoms. The van der Waals surface area contributed by atoms with Gasteiger partial charge in [-0.1, -0.05) is 0 Å². The minimum Gasteiger partial charge on any atom is -0.497 e. The molecule has 1 fully saturated rings. The smallest absolute Gasteiger partial charge is 0.243 e. The normalized spacial score (nSPS) is 16.0. The van der Waals surface area contributed by atoms with Gasteiger partial charge in [-0.25, -0.2) is 4.98 Å². The summed E-state index contributed by atoms with van der Waals surface area (Å²) < 4.78 is 10.5. The van der Waals surface area contributed by atoms with E-state index in [0.717, 1.165) is 56.2 Å². The van der Waals surface area contributed by atoms with Crippen molar-refractivity contribution < 1.29 is 9.47 Å². The minimum atomic E-state index is 0.556. The van der Waals surface area contributed by atoms with Gasteiger partial charge in [0.25, 0.3) is 0 Å². The fourth-order valence-electron chi connectivity index (χ4n) is 2.27. The summed E-state index contributed by atoms with van der Waals surface area (Å²) in [6, 6.07) is 5.58. The molecule has 0 amide bonds. The highest BCUT2D eigenvalue weighted by Gasteiger charge is 2.09. The van der Waals surface area contributed by atoms with Gasteiger partial charge in [0.1, 0.15) is 11.3 Å². The van der Waals surface area contributed by atoms with E-state index in [9.17, 15) is 0 Å².